The first kappa shape index (κ1) is 24.7. The van der Waals surface area contributed by atoms with Crippen LogP contribution >= 0.6 is 0 Å². The van der Waals surface area contributed by atoms with Gasteiger partial charge in [0.25, 0.3) is 0 Å². The summed E-state index contributed by atoms with van der Waals surface area (Å²) in [5.74, 6) is 1.38. The lowest BCUT2D eigenvalue weighted by Crippen LogP contribution is -2.36. The average molecular weight is 435 g/mol. The Hall–Kier alpha value is -0.950. The highest BCUT2D eigenvalue weighted by atomic mass is 16.5. The molecule has 1 aliphatic carbocycles. The third-order valence-electron chi connectivity index (χ3n) is 7.39. The van der Waals surface area contributed by atoms with Gasteiger partial charge in [-0.3, -0.25) is 9.58 Å². The Balaban J connectivity index is 1.78. The number of nitrogens with zero attached hydrogens (tertiary/aromatic N) is 3. The second-order valence-electron chi connectivity index (χ2n) is 10.0. The zero-order valence-electron chi connectivity index (χ0n) is 20.7. The van der Waals surface area contributed by atoms with Crippen molar-refractivity contribution in [3.05, 3.63) is 17.0 Å². The Labute approximate surface area is 190 Å². The molecule has 31 heavy (non-hydrogen) atoms. The highest BCUT2D eigenvalue weighted by molar-refractivity contribution is 5.32. The van der Waals surface area contributed by atoms with Crippen LogP contribution in [-0.4, -0.2) is 68.3 Å². The molecular weight excluding hydrogens is 388 g/mol. The van der Waals surface area contributed by atoms with E-state index in [0.29, 0.717) is 5.92 Å². The smallest absolute Gasteiger partial charge is 0.0802 e. The van der Waals surface area contributed by atoms with Crippen LogP contribution in [0.2, 0.25) is 0 Å². The molecule has 1 fully saturated rings. The van der Waals surface area contributed by atoms with Crippen molar-refractivity contribution >= 4 is 0 Å². The molecule has 178 valence electrons. The van der Waals surface area contributed by atoms with Crippen LogP contribution in [0.1, 0.15) is 75.7 Å². The largest absolute Gasteiger partial charge is 0.381 e. The van der Waals surface area contributed by atoms with E-state index < -0.39 is 0 Å². The first-order valence-corrected chi connectivity index (χ1v) is 12.6. The van der Waals surface area contributed by atoms with Gasteiger partial charge in [-0.05, 0) is 78.3 Å². The first-order chi connectivity index (χ1) is 15.0. The molecule has 1 N–H and O–H groups in total. The summed E-state index contributed by atoms with van der Waals surface area (Å²) in [7, 11) is 4.24. The lowest BCUT2D eigenvalue weighted by atomic mass is 9.69. The predicted molar refractivity (Wildman–Crippen MR) is 127 cm³/mol. The van der Waals surface area contributed by atoms with Crippen LogP contribution in [0.4, 0.5) is 0 Å². The highest BCUT2D eigenvalue weighted by Gasteiger charge is 2.39. The second kappa shape index (κ2) is 11.8. The van der Waals surface area contributed by atoms with Crippen LogP contribution in [0.15, 0.2) is 0 Å². The summed E-state index contributed by atoms with van der Waals surface area (Å²) in [5, 5.41) is 8.42. The number of likely N-dealkylation sites (N-methyl/N-ethyl adjacent to an activating group) is 2. The quantitative estimate of drug-likeness (QED) is 0.542. The first-order valence-electron chi connectivity index (χ1n) is 12.6. The molecule has 0 amide bonds. The van der Waals surface area contributed by atoms with Gasteiger partial charge in [0.2, 0.25) is 0 Å². The zero-order chi connectivity index (χ0) is 22.3. The third-order valence-corrected chi connectivity index (χ3v) is 7.39. The Morgan fingerprint density at radius 2 is 1.81 bits per heavy atom. The zero-order valence-corrected chi connectivity index (χ0v) is 20.7. The van der Waals surface area contributed by atoms with Crippen molar-refractivity contribution in [2.75, 3.05) is 53.6 Å². The monoisotopic (exact) mass is 434 g/mol. The SMILES string of the molecule is CCOCC1(COCC)CCC(c2c(CN(C)CCNC)nn3c2CC(C)CC3)CC1. The molecule has 0 radical (unpaired) electrons. The van der Waals surface area contributed by atoms with Crippen molar-refractivity contribution in [3.8, 4) is 0 Å². The predicted octanol–water partition coefficient (Wildman–Crippen LogP) is 3.83. The van der Waals surface area contributed by atoms with Gasteiger partial charge in [-0.25, -0.2) is 0 Å². The summed E-state index contributed by atoms with van der Waals surface area (Å²) in [6.07, 6.45) is 7.25. The second-order valence-corrected chi connectivity index (χ2v) is 10.0. The van der Waals surface area contributed by atoms with E-state index in [0.717, 1.165) is 58.5 Å². The summed E-state index contributed by atoms with van der Waals surface area (Å²) < 4.78 is 14.2. The van der Waals surface area contributed by atoms with Crippen molar-refractivity contribution < 1.29 is 9.47 Å². The molecule has 2 aliphatic rings. The number of ether oxygens (including phenoxy) is 2. The normalized spacial score (nSPS) is 21.5. The lowest BCUT2D eigenvalue weighted by molar-refractivity contribution is -0.0396. The number of rotatable bonds is 12. The minimum Gasteiger partial charge on any atom is -0.381 e. The lowest BCUT2D eigenvalue weighted by Gasteiger charge is -2.40. The molecule has 0 spiro atoms. The van der Waals surface area contributed by atoms with E-state index in [9.17, 15) is 0 Å². The number of hydrogen-bond acceptors (Lipinski definition) is 5. The van der Waals surface area contributed by atoms with Gasteiger partial charge in [0.15, 0.2) is 0 Å². The molecule has 6 heteroatoms. The third kappa shape index (κ3) is 6.31. The number of nitrogens with one attached hydrogen (secondary N) is 1. The minimum absolute atomic E-state index is 0.187. The highest BCUT2D eigenvalue weighted by Crippen LogP contribution is 2.46. The standard InChI is InChI=1S/C25H46N4O2/c1-6-30-18-25(19-31-7-2)11-8-21(9-12-25)24-22(17-28(5)15-13-26-4)27-29-14-10-20(3)16-23(24)29/h20-21,26H,6-19H2,1-5H3. The minimum atomic E-state index is 0.187. The van der Waals surface area contributed by atoms with Gasteiger partial charge in [0, 0.05) is 56.1 Å². The van der Waals surface area contributed by atoms with Crippen molar-refractivity contribution in [3.63, 3.8) is 0 Å². The van der Waals surface area contributed by atoms with Gasteiger partial charge < -0.3 is 14.8 Å². The van der Waals surface area contributed by atoms with Crippen molar-refractivity contribution in [1.29, 1.82) is 0 Å². The maximum absolute atomic E-state index is 5.91. The van der Waals surface area contributed by atoms with Gasteiger partial charge in [0.05, 0.1) is 18.9 Å². The number of hydrogen-bond donors (Lipinski definition) is 1. The van der Waals surface area contributed by atoms with Gasteiger partial charge in [0.1, 0.15) is 0 Å². The van der Waals surface area contributed by atoms with E-state index in [1.165, 1.54) is 49.9 Å². The van der Waals surface area contributed by atoms with E-state index in [2.05, 4.69) is 42.7 Å². The maximum atomic E-state index is 5.91. The Kier molecular flexibility index (Phi) is 9.38. The Morgan fingerprint density at radius 1 is 1.13 bits per heavy atom. The van der Waals surface area contributed by atoms with Crippen LogP contribution in [0.5, 0.6) is 0 Å². The van der Waals surface area contributed by atoms with Gasteiger partial charge >= 0.3 is 0 Å². The van der Waals surface area contributed by atoms with E-state index in [4.69, 9.17) is 14.6 Å². The topological polar surface area (TPSA) is 51.6 Å². The average Bonchev–Trinajstić information content (AvgIpc) is 3.12. The van der Waals surface area contributed by atoms with Gasteiger partial charge in [-0.1, -0.05) is 6.92 Å². The van der Waals surface area contributed by atoms with Crippen LogP contribution in [-0.2, 0) is 29.0 Å². The van der Waals surface area contributed by atoms with E-state index >= 15 is 0 Å². The van der Waals surface area contributed by atoms with Crippen molar-refractivity contribution in [1.82, 2.24) is 20.0 Å². The van der Waals surface area contributed by atoms with E-state index in [-0.39, 0.29) is 5.41 Å². The summed E-state index contributed by atoms with van der Waals surface area (Å²) >= 11 is 0. The van der Waals surface area contributed by atoms with E-state index in [1.807, 2.05) is 7.05 Å². The molecule has 1 unspecified atom stereocenters. The van der Waals surface area contributed by atoms with E-state index in [1.54, 1.807) is 5.56 Å². The summed E-state index contributed by atoms with van der Waals surface area (Å²) in [6.45, 7) is 13.9. The molecule has 2 heterocycles. The molecule has 1 aromatic rings. The molecule has 0 aromatic carbocycles. The molecule has 1 atom stereocenters. The Bertz CT molecular complexity index is 657. The fourth-order valence-electron chi connectivity index (χ4n) is 5.45. The van der Waals surface area contributed by atoms with Crippen LogP contribution in [0, 0.1) is 11.3 Å². The molecule has 1 saturated carbocycles. The molecule has 6 nitrogen and oxygen atoms in total. The maximum Gasteiger partial charge on any atom is 0.0802 e. The summed E-state index contributed by atoms with van der Waals surface area (Å²) in [4.78, 5) is 2.41. The molecular formula is C25H46N4O2. The Morgan fingerprint density at radius 3 is 2.42 bits per heavy atom. The summed E-state index contributed by atoms with van der Waals surface area (Å²) in [5.41, 5.74) is 4.63. The molecule has 3 rings (SSSR count). The molecule has 0 saturated heterocycles. The molecule has 1 aromatic heterocycles. The van der Waals surface area contributed by atoms with Crippen molar-refractivity contribution in [2.45, 2.75) is 78.3 Å². The summed E-state index contributed by atoms with van der Waals surface area (Å²) in [6, 6.07) is 0. The van der Waals surface area contributed by atoms with Gasteiger partial charge in [-0.2, -0.15) is 5.10 Å². The van der Waals surface area contributed by atoms with Crippen LogP contribution in [0.25, 0.3) is 0 Å². The number of fused-ring (bicyclic) bond motifs is 1. The fraction of sp³-hybridized carbons (Fsp3) is 0.880. The molecule has 0 bridgehead atoms. The fourth-order valence-corrected chi connectivity index (χ4v) is 5.45. The van der Waals surface area contributed by atoms with Crippen LogP contribution < -0.4 is 5.32 Å². The van der Waals surface area contributed by atoms with Gasteiger partial charge in [-0.15, -0.1) is 0 Å². The number of aryl methyl sites for hydroxylation is 1. The van der Waals surface area contributed by atoms with Crippen LogP contribution in [0.3, 0.4) is 0 Å². The number of aromatic nitrogens is 2. The molecule has 1 aliphatic heterocycles. The van der Waals surface area contributed by atoms with Crippen molar-refractivity contribution in [2.24, 2.45) is 11.3 Å².